The normalized spacial score (nSPS) is 13.0. The summed E-state index contributed by atoms with van der Waals surface area (Å²) in [6.07, 6.45) is 0.368. The zero-order valence-electron chi connectivity index (χ0n) is 12.8. The van der Waals surface area contributed by atoms with Gasteiger partial charge in [-0.05, 0) is 42.8 Å². The van der Waals surface area contributed by atoms with Crippen molar-refractivity contribution in [2.24, 2.45) is 0 Å². The largest absolute Gasteiger partial charge is 0.486 e. The SMILES string of the molecule is Cc1ccc2[nH]c(-c3ccc4c(c3)OCCO4)c(CC#N)c2c1. The van der Waals surface area contributed by atoms with Crippen LogP contribution in [0.25, 0.3) is 22.2 Å². The molecule has 1 aromatic heterocycles. The van der Waals surface area contributed by atoms with Crippen molar-refractivity contribution in [3.8, 4) is 28.8 Å². The number of fused-ring (bicyclic) bond motifs is 2. The number of ether oxygens (including phenoxy) is 2. The highest BCUT2D eigenvalue weighted by Crippen LogP contribution is 2.37. The second kappa shape index (κ2) is 5.36. The monoisotopic (exact) mass is 304 g/mol. The smallest absolute Gasteiger partial charge is 0.162 e. The molecule has 4 heteroatoms. The Morgan fingerprint density at radius 1 is 1.09 bits per heavy atom. The standard InChI is InChI=1S/C19H16N2O2/c1-12-2-4-16-15(10-12)14(6-7-20)19(21-16)13-3-5-17-18(11-13)23-9-8-22-17/h2-5,10-11,21H,6,8-9H2,1H3. The van der Waals surface area contributed by atoms with E-state index in [-0.39, 0.29) is 0 Å². The number of benzene rings is 2. The van der Waals surface area contributed by atoms with E-state index < -0.39 is 0 Å². The van der Waals surface area contributed by atoms with Crippen molar-refractivity contribution >= 4 is 10.9 Å². The van der Waals surface area contributed by atoms with Crippen LogP contribution in [0, 0.1) is 18.3 Å². The van der Waals surface area contributed by atoms with Gasteiger partial charge in [0.2, 0.25) is 0 Å². The first kappa shape index (κ1) is 13.7. The topological polar surface area (TPSA) is 58.0 Å². The summed E-state index contributed by atoms with van der Waals surface area (Å²) >= 11 is 0. The van der Waals surface area contributed by atoms with Gasteiger partial charge in [-0.3, -0.25) is 0 Å². The maximum atomic E-state index is 9.22. The number of aromatic nitrogens is 1. The summed E-state index contributed by atoms with van der Waals surface area (Å²) in [6.45, 7) is 3.21. The fourth-order valence-corrected chi connectivity index (χ4v) is 3.07. The van der Waals surface area contributed by atoms with Gasteiger partial charge in [0, 0.05) is 16.5 Å². The lowest BCUT2D eigenvalue weighted by atomic mass is 10.0. The molecular weight excluding hydrogens is 288 g/mol. The van der Waals surface area contributed by atoms with Gasteiger partial charge in [-0.15, -0.1) is 0 Å². The molecule has 0 atom stereocenters. The Kier molecular flexibility index (Phi) is 3.20. The summed E-state index contributed by atoms with van der Waals surface area (Å²) < 4.78 is 11.3. The van der Waals surface area contributed by atoms with E-state index in [2.05, 4.69) is 36.2 Å². The van der Waals surface area contributed by atoms with Crippen LogP contribution in [-0.4, -0.2) is 18.2 Å². The Bertz CT molecular complexity index is 934. The van der Waals surface area contributed by atoms with Crippen molar-refractivity contribution < 1.29 is 9.47 Å². The van der Waals surface area contributed by atoms with E-state index in [9.17, 15) is 5.26 Å². The number of nitrogens with zero attached hydrogens (tertiary/aromatic N) is 1. The van der Waals surface area contributed by atoms with Crippen LogP contribution in [0.5, 0.6) is 11.5 Å². The van der Waals surface area contributed by atoms with Gasteiger partial charge in [0.25, 0.3) is 0 Å². The highest BCUT2D eigenvalue weighted by atomic mass is 16.6. The fraction of sp³-hybridized carbons (Fsp3) is 0.211. The van der Waals surface area contributed by atoms with Crippen molar-refractivity contribution in [3.63, 3.8) is 0 Å². The average molecular weight is 304 g/mol. The van der Waals surface area contributed by atoms with E-state index in [0.717, 1.165) is 39.2 Å². The van der Waals surface area contributed by atoms with Gasteiger partial charge in [-0.25, -0.2) is 0 Å². The second-order valence-electron chi connectivity index (χ2n) is 5.72. The first-order valence-corrected chi connectivity index (χ1v) is 7.64. The fourth-order valence-electron chi connectivity index (χ4n) is 3.07. The summed E-state index contributed by atoms with van der Waals surface area (Å²) in [4.78, 5) is 3.45. The minimum Gasteiger partial charge on any atom is -0.486 e. The van der Waals surface area contributed by atoms with E-state index >= 15 is 0 Å². The first-order valence-electron chi connectivity index (χ1n) is 7.64. The van der Waals surface area contributed by atoms with E-state index in [1.807, 2.05) is 18.2 Å². The molecule has 0 bridgehead atoms. The van der Waals surface area contributed by atoms with Crippen LogP contribution >= 0.6 is 0 Å². The molecule has 0 fully saturated rings. The Morgan fingerprint density at radius 2 is 1.91 bits per heavy atom. The van der Waals surface area contributed by atoms with Gasteiger partial charge in [-0.1, -0.05) is 11.6 Å². The molecule has 0 unspecified atom stereocenters. The van der Waals surface area contributed by atoms with Gasteiger partial charge in [0.15, 0.2) is 11.5 Å². The van der Waals surface area contributed by atoms with Crippen LogP contribution in [0.2, 0.25) is 0 Å². The third-order valence-electron chi connectivity index (χ3n) is 4.15. The third kappa shape index (κ3) is 2.31. The molecule has 4 nitrogen and oxygen atoms in total. The summed E-state index contributed by atoms with van der Waals surface area (Å²) in [5, 5.41) is 10.3. The van der Waals surface area contributed by atoms with Crippen molar-refractivity contribution in [1.29, 1.82) is 5.26 Å². The molecule has 0 spiro atoms. The number of nitrogens with one attached hydrogen (secondary N) is 1. The molecule has 2 heterocycles. The molecule has 0 saturated heterocycles. The molecule has 23 heavy (non-hydrogen) atoms. The summed E-state index contributed by atoms with van der Waals surface area (Å²) in [6, 6.07) is 14.5. The minimum atomic E-state index is 0.368. The molecule has 3 aromatic rings. The van der Waals surface area contributed by atoms with Crippen molar-refractivity contribution in [3.05, 3.63) is 47.5 Å². The van der Waals surface area contributed by atoms with Gasteiger partial charge >= 0.3 is 0 Å². The van der Waals surface area contributed by atoms with Crippen molar-refractivity contribution in [2.45, 2.75) is 13.3 Å². The predicted octanol–water partition coefficient (Wildman–Crippen LogP) is 3.98. The van der Waals surface area contributed by atoms with Crippen LogP contribution in [0.15, 0.2) is 36.4 Å². The van der Waals surface area contributed by atoms with Crippen LogP contribution in [0.4, 0.5) is 0 Å². The quantitative estimate of drug-likeness (QED) is 0.779. The number of rotatable bonds is 2. The van der Waals surface area contributed by atoms with Gasteiger partial charge in [-0.2, -0.15) is 5.26 Å². The van der Waals surface area contributed by atoms with E-state index in [1.165, 1.54) is 5.56 Å². The lowest BCUT2D eigenvalue weighted by Crippen LogP contribution is -2.15. The zero-order chi connectivity index (χ0) is 15.8. The number of aromatic amines is 1. The molecule has 0 amide bonds. The molecule has 0 aliphatic carbocycles. The molecule has 1 N–H and O–H groups in total. The van der Waals surface area contributed by atoms with Crippen molar-refractivity contribution in [1.82, 2.24) is 4.98 Å². The highest BCUT2D eigenvalue weighted by molar-refractivity contribution is 5.91. The highest BCUT2D eigenvalue weighted by Gasteiger charge is 2.17. The van der Waals surface area contributed by atoms with E-state index in [0.29, 0.717) is 19.6 Å². The second-order valence-corrected chi connectivity index (χ2v) is 5.72. The molecule has 1 aliphatic rings. The molecule has 0 radical (unpaired) electrons. The predicted molar refractivity (Wildman–Crippen MR) is 88.8 cm³/mol. The maximum absolute atomic E-state index is 9.22. The molecule has 0 saturated carbocycles. The van der Waals surface area contributed by atoms with E-state index in [1.54, 1.807) is 0 Å². The molecule has 2 aromatic carbocycles. The molecule has 4 rings (SSSR count). The Morgan fingerprint density at radius 3 is 2.74 bits per heavy atom. The average Bonchev–Trinajstić information content (AvgIpc) is 2.93. The number of H-pyrrole nitrogens is 1. The van der Waals surface area contributed by atoms with Gasteiger partial charge in [0.1, 0.15) is 13.2 Å². The summed E-state index contributed by atoms with van der Waals surface area (Å²) in [5.41, 5.74) is 5.25. The number of aryl methyl sites for hydroxylation is 1. The Balaban J connectivity index is 1.91. The number of hydrogen-bond donors (Lipinski definition) is 1. The lowest BCUT2D eigenvalue weighted by Gasteiger charge is -2.18. The van der Waals surface area contributed by atoms with Crippen LogP contribution < -0.4 is 9.47 Å². The lowest BCUT2D eigenvalue weighted by molar-refractivity contribution is 0.171. The van der Waals surface area contributed by atoms with Crippen LogP contribution in [-0.2, 0) is 6.42 Å². The van der Waals surface area contributed by atoms with Crippen LogP contribution in [0.1, 0.15) is 11.1 Å². The Labute approximate surface area is 134 Å². The minimum absolute atomic E-state index is 0.368. The first-order chi connectivity index (χ1) is 11.3. The van der Waals surface area contributed by atoms with Gasteiger partial charge < -0.3 is 14.5 Å². The van der Waals surface area contributed by atoms with Crippen LogP contribution in [0.3, 0.4) is 0 Å². The van der Waals surface area contributed by atoms with E-state index in [4.69, 9.17) is 9.47 Å². The third-order valence-corrected chi connectivity index (χ3v) is 4.15. The molecule has 1 aliphatic heterocycles. The van der Waals surface area contributed by atoms with Gasteiger partial charge in [0.05, 0.1) is 18.2 Å². The molecular formula is C19H16N2O2. The Hall–Kier alpha value is -2.93. The molecule has 114 valence electrons. The summed E-state index contributed by atoms with van der Waals surface area (Å²) in [7, 11) is 0. The zero-order valence-corrected chi connectivity index (χ0v) is 12.8. The summed E-state index contributed by atoms with van der Waals surface area (Å²) in [5.74, 6) is 1.53. The number of hydrogen-bond acceptors (Lipinski definition) is 3. The van der Waals surface area contributed by atoms with Crippen molar-refractivity contribution in [2.75, 3.05) is 13.2 Å². The maximum Gasteiger partial charge on any atom is 0.162 e. The number of nitriles is 1.